The number of carbonyl (C=O) groups is 1. The van der Waals surface area contributed by atoms with Gasteiger partial charge in [-0.3, -0.25) is 4.79 Å². The summed E-state index contributed by atoms with van der Waals surface area (Å²) in [6.45, 7) is 0.538. The zero-order valence-corrected chi connectivity index (χ0v) is 7.29. The molecule has 0 aromatic heterocycles. The van der Waals surface area contributed by atoms with Crippen LogP contribution in [0, 0.1) is 0 Å². The number of nitrogens with two attached hydrogens (primary N) is 1. The molecule has 2 rings (SSSR count). The predicted octanol–water partition coefficient (Wildman–Crippen LogP) is 0.551. The molecule has 0 spiro atoms. The Balaban J connectivity index is 2.35. The fourth-order valence-corrected chi connectivity index (χ4v) is 1.50. The first-order chi connectivity index (χ1) is 6.27. The van der Waals surface area contributed by atoms with E-state index in [0.717, 1.165) is 11.3 Å². The number of Topliss-reactive ketones (excluding diaryl/α,β-unsaturated/α-hetero) is 1. The second-order valence-electron chi connectivity index (χ2n) is 3.29. The molecule has 0 amide bonds. The summed E-state index contributed by atoms with van der Waals surface area (Å²) in [6, 6.07) is 7.45. The van der Waals surface area contributed by atoms with Crippen LogP contribution in [0.3, 0.4) is 0 Å². The van der Waals surface area contributed by atoms with E-state index >= 15 is 0 Å². The molecule has 0 unspecified atom stereocenters. The third kappa shape index (κ3) is 1.55. The van der Waals surface area contributed by atoms with Crippen LogP contribution in [0.5, 0.6) is 0 Å². The van der Waals surface area contributed by atoms with E-state index in [2.05, 4.69) is 5.32 Å². The molecule has 3 N–H and O–H groups in total. The summed E-state index contributed by atoms with van der Waals surface area (Å²) in [7, 11) is 0. The molecule has 0 fully saturated rings. The Kier molecular flexibility index (Phi) is 2.02. The van der Waals surface area contributed by atoms with E-state index < -0.39 is 0 Å². The molecule has 3 heteroatoms. The minimum atomic E-state index is -0.368. The first-order valence-electron chi connectivity index (χ1n) is 4.37. The van der Waals surface area contributed by atoms with E-state index in [4.69, 9.17) is 5.73 Å². The Morgan fingerprint density at radius 1 is 1.38 bits per heavy atom. The van der Waals surface area contributed by atoms with Crippen LogP contribution >= 0.6 is 0 Å². The Hall–Kier alpha value is -1.35. The normalized spacial score (nSPS) is 21.6. The molecular formula is C10H12N2O. The topological polar surface area (TPSA) is 55.1 Å². The van der Waals surface area contributed by atoms with Gasteiger partial charge in [0, 0.05) is 18.7 Å². The van der Waals surface area contributed by atoms with Crippen molar-refractivity contribution in [3.63, 3.8) is 0 Å². The highest BCUT2D eigenvalue weighted by Gasteiger charge is 2.19. The molecule has 0 bridgehead atoms. The molecule has 0 aliphatic carbocycles. The number of nitrogens with one attached hydrogen (secondary N) is 1. The summed E-state index contributed by atoms with van der Waals surface area (Å²) in [6.07, 6.45) is 0.449. The largest absolute Gasteiger partial charge is 0.383 e. The van der Waals surface area contributed by atoms with E-state index in [0.29, 0.717) is 13.0 Å². The highest BCUT2D eigenvalue weighted by atomic mass is 16.1. The lowest BCUT2D eigenvalue weighted by molar-refractivity contribution is -0.119. The zero-order chi connectivity index (χ0) is 9.26. The Bertz CT molecular complexity index is 335. The van der Waals surface area contributed by atoms with Crippen LogP contribution in [0.25, 0.3) is 0 Å². The number of para-hydroxylation sites is 1. The predicted molar refractivity (Wildman–Crippen MR) is 51.6 cm³/mol. The van der Waals surface area contributed by atoms with Gasteiger partial charge in [0.05, 0.1) is 6.04 Å². The minimum absolute atomic E-state index is 0.109. The Morgan fingerprint density at radius 2 is 2.15 bits per heavy atom. The van der Waals surface area contributed by atoms with Crippen molar-refractivity contribution in [3.8, 4) is 0 Å². The molecule has 1 heterocycles. The lowest BCUT2D eigenvalue weighted by Crippen LogP contribution is -2.36. The molecule has 3 nitrogen and oxygen atoms in total. The van der Waals surface area contributed by atoms with Gasteiger partial charge in [-0.2, -0.15) is 0 Å². The van der Waals surface area contributed by atoms with Crippen LogP contribution in [0.2, 0.25) is 0 Å². The highest BCUT2D eigenvalue weighted by Crippen LogP contribution is 2.18. The Labute approximate surface area is 76.9 Å². The summed E-state index contributed by atoms with van der Waals surface area (Å²) < 4.78 is 0. The summed E-state index contributed by atoms with van der Waals surface area (Å²) in [5.41, 5.74) is 7.72. The summed E-state index contributed by atoms with van der Waals surface area (Å²) in [5.74, 6) is 0.109. The first-order valence-corrected chi connectivity index (χ1v) is 4.37. The number of carbonyl (C=O) groups excluding carboxylic acids is 1. The van der Waals surface area contributed by atoms with Gasteiger partial charge >= 0.3 is 0 Å². The molecule has 1 aromatic rings. The number of benzene rings is 1. The quantitative estimate of drug-likeness (QED) is 0.607. The van der Waals surface area contributed by atoms with Crippen molar-refractivity contribution in [2.45, 2.75) is 12.5 Å². The van der Waals surface area contributed by atoms with Crippen molar-refractivity contribution in [2.24, 2.45) is 5.73 Å². The minimum Gasteiger partial charge on any atom is -0.383 e. The molecule has 68 valence electrons. The molecule has 1 atom stereocenters. The van der Waals surface area contributed by atoms with Gasteiger partial charge in [0.2, 0.25) is 0 Å². The van der Waals surface area contributed by atoms with Crippen LogP contribution in [0.15, 0.2) is 24.3 Å². The van der Waals surface area contributed by atoms with E-state index in [9.17, 15) is 4.79 Å². The first kappa shape index (κ1) is 8.26. The van der Waals surface area contributed by atoms with Crippen molar-refractivity contribution in [2.75, 3.05) is 11.9 Å². The molecule has 1 aliphatic heterocycles. The third-order valence-corrected chi connectivity index (χ3v) is 2.31. The van der Waals surface area contributed by atoms with Gasteiger partial charge in [0.25, 0.3) is 0 Å². The van der Waals surface area contributed by atoms with Gasteiger partial charge < -0.3 is 11.1 Å². The highest BCUT2D eigenvalue weighted by molar-refractivity contribution is 5.88. The maximum Gasteiger partial charge on any atom is 0.155 e. The van der Waals surface area contributed by atoms with Crippen LogP contribution < -0.4 is 11.1 Å². The van der Waals surface area contributed by atoms with E-state index in [1.807, 2.05) is 24.3 Å². The standard InChI is InChI=1S/C10H12N2O/c11-8-6-12-9-4-2-1-3-7(9)5-10(8)13/h1-4,8,12H,5-6,11H2/t8-/m0/s1. The van der Waals surface area contributed by atoms with E-state index in [1.165, 1.54) is 0 Å². The summed E-state index contributed by atoms with van der Waals surface area (Å²) >= 11 is 0. The van der Waals surface area contributed by atoms with Crippen LogP contribution in [0.1, 0.15) is 5.56 Å². The van der Waals surface area contributed by atoms with Crippen LogP contribution in [-0.4, -0.2) is 18.4 Å². The summed E-state index contributed by atoms with van der Waals surface area (Å²) in [5, 5.41) is 3.16. The number of hydrogen-bond acceptors (Lipinski definition) is 3. The second-order valence-corrected chi connectivity index (χ2v) is 3.29. The fourth-order valence-electron chi connectivity index (χ4n) is 1.50. The van der Waals surface area contributed by atoms with E-state index in [-0.39, 0.29) is 11.8 Å². The van der Waals surface area contributed by atoms with Gasteiger partial charge in [0.1, 0.15) is 0 Å². The summed E-state index contributed by atoms with van der Waals surface area (Å²) in [4.78, 5) is 11.4. The SMILES string of the molecule is N[C@H]1CNc2ccccc2CC1=O. The van der Waals surface area contributed by atoms with Crippen molar-refractivity contribution in [3.05, 3.63) is 29.8 Å². The van der Waals surface area contributed by atoms with Crippen LogP contribution in [-0.2, 0) is 11.2 Å². The number of rotatable bonds is 0. The Morgan fingerprint density at radius 3 is 3.00 bits per heavy atom. The van der Waals surface area contributed by atoms with Crippen molar-refractivity contribution < 1.29 is 4.79 Å². The lowest BCUT2D eigenvalue weighted by atomic mass is 10.1. The molecular weight excluding hydrogens is 164 g/mol. The maximum absolute atomic E-state index is 11.4. The third-order valence-electron chi connectivity index (χ3n) is 2.31. The number of hydrogen-bond donors (Lipinski definition) is 2. The molecule has 1 aliphatic rings. The van der Waals surface area contributed by atoms with Crippen molar-refractivity contribution in [1.29, 1.82) is 0 Å². The number of anilines is 1. The monoisotopic (exact) mass is 176 g/mol. The average Bonchev–Trinajstić information content (AvgIpc) is 2.28. The van der Waals surface area contributed by atoms with Gasteiger partial charge in [-0.1, -0.05) is 18.2 Å². The van der Waals surface area contributed by atoms with Gasteiger partial charge in [-0.05, 0) is 11.6 Å². The average molecular weight is 176 g/mol. The number of ketones is 1. The molecule has 1 aromatic carbocycles. The van der Waals surface area contributed by atoms with Crippen LogP contribution in [0.4, 0.5) is 5.69 Å². The van der Waals surface area contributed by atoms with Gasteiger partial charge in [-0.15, -0.1) is 0 Å². The van der Waals surface area contributed by atoms with E-state index in [1.54, 1.807) is 0 Å². The van der Waals surface area contributed by atoms with Gasteiger partial charge in [-0.25, -0.2) is 0 Å². The molecule has 0 saturated heterocycles. The van der Waals surface area contributed by atoms with Gasteiger partial charge in [0.15, 0.2) is 5.78 Å². The molecule has 0 radical (unpaired) electrons. The zero-order valence-electron chi connectivity index (χ0n) is 7.29. The fraction of sp³-hybridized carbons (Fsp3) is 0.300. The molecule has 13 heavy (non-hydrogen) atoms. The lowest BCUT2D eigenvalue weighted by Gasteiger charge is -2.06. The van der Waals surface area contributed by atoms with Crippen molar-refractivity contribution in [1.82, 2.24) is 0 Å². The molecule has 0 saturated carbocycles. The second kappa shape index (κ2) is 3.18. The number of fused-ring (bicyclic) bond motifs is 1. The van der Waals surface area contributed by atoms with Crippen molar-refractivity contribution >= 4 is 11.5 Å². The maximum atomic E-state index is 11.4. The smallest absolute Gasteiger partial charge is 0.155 e.